The number of likely N-dealkylation sites (tertiary alicyclic amines) is 1. The molecule has 0 amide bonds. The van der Waals surface area contributed by atoms with Gasteiger partial charge in [-0.15, -0.1) is 0 Å². The highest BCUT2D eigenvalue weighted by molar-refractivity contribution is 5.25. The number of benzene rings is 1. The van der Waals surface area contributed by atoms with Gasteiger partial charge in [0.1, 0.15) is 11.9 Å². The normalized spacial score (nSPS) is 19.0. The largest absolute Gasteiger partial charge is 0.284 e. The third kappa shape index (κ3) is 2.40. The first-order valence-corrected chi connectivity index (χ1v) is 5.70. The maximum Gasteiger partial charge on any atom is 0.123 e. The Morgan fingerprint density at radius 2 is 2.00 bits per heavy atom. The van der Waals surface area contributed by atoms with Gasteiger partial charge in [0.2, 0.25) is 0 Å². The Balaban J connectivity index is 2.18. The zero-order chi connectivity index (χ0) is 11.4. The molecule has 2 nitrogen and oxygen atoms in total. The van der Waals surface area contributed by atoms with Crippen LogP contribution in [0.2, 0.25) is 0 Å². The minimum Gasteiger partial charge on any atom is -0.284 e. The van der Waals surface area contributed by atoms with Crippen molar-refractivity contribution in [2.24, 2.45) is 0 Å². The van der Waals surface area contributed by atoms with E-state index in [2.05, 4.69) is 11.0 Å². The van der Waals surface area contributed by atoms with Crippen LogP contribution in [0.5, 0.6) is 0 Å². The molecule has 0 spiro atoms. The van der Waals surface area contributed by atoms with Gasteiger partial charge in [0.25, 0.3) is 0 Å². The Labute approximate surface area is 95.3 Å². The van der Waals surface area contributed by atoms with Gasteiger partial charge in [0.05, 0.1) is 6.07 Å². The molecule has 0 aliphatic carbocycles. The SMILES string of the molecule is N#CC(c1cccc(F)c1)N1CCCCC1. The van der Waals surface area contributed by atoms with Gasteiger partial charge in [0.15, 0.2) is 0 Å². The van der Waals surface area contributed by atoms with E-state index in [1.165, 1.54) is 18.6 Å². The van der Waals surface area contributed by atoms with Crippen molar-refractivity contribution in [2.45, 2.75) is 25.3 Å². The molecule has 0 radical (unpaired) electrons. The lowest BCUT2D eigenvalue weighted by atomic mass is 10.0. The summed E-state index contributed by atoms with van der Waals surface area (Å²) in [4.78, 5) is 2.14. The molecule has 1 unspecified atom stereocenters. The van der Waals surface area contributed by atoms with E-state index in [9.17, 15) is 9.65 Å². The molecule has 1 saturated heterocycles. The highest BCUT2D eigenvalue weighted by atomic mass is 19.1. The Bertz CT molecular complexity index is 391. The zero-order valence-electron chi connectivity index (χ0n) is 9.19. The van der Waals surface area contributed by atoms with Gasteiger partial charge in [-0.3, -0.25) is 4.90 Å². The van der Waals surface area contributed by atoms with E-state index in [-0.39, 0.29) is 11.9 Å². The fourth-order valence-electron chi connectivity index (χ4n) is 2.22. The van der Waals surface area contributed by atoms with E-state index < -0.39 is 0 Å². The number of nitriles is 1. The number of hydrogen-bond donors (Lipinski definition) is 0. The Morgan fingerprint density at radius 3 is 2.62 bits per heavy atom. The van der Waals surface area contributed by atoms with E-state index in [1.54, 1.807) is 6.07 Å². The Hall–Kier alpha value is -1.40. The summed E-state index contributed by atoms with van der Waals surface area (Å²) in [5, 5.41) is 9.21. The standard InChI is InChI=1S/C13H15FN2/c14-12-6-4-5-11(9-12)13(10-15)16-7-2-1-3-8-16/h4-6,9,13H,1-3,7-8H2. The van der Waals surface area contributed by atoms with Gasteiger partial charge in [-0.2, -0.15) is 5.26 Å². The summed E-state index contributed by atoms with van der Waals surface area (Å²) in [6, 6.07) is 8.34. The monoisotopic (exact) mass is 218 g/mol. The quantitative estimate of drug-likeness (QED) is 0.763. The molecule has 3 heteroatoms. The second kappa shape index (κ2) is 5.09. The predicted octanol–water partition coefficient (Wildman–Crippen LogP) is 2.88. The second-order valence-corrected chi connectivity index (χ2v) is 4.18. The lowest BCUT2D eigenvalue weighted by Gasteiger charge is -2.30. The highest BCUT2D eigenvalue weighted by Gasteiger charge is 2.21. The van der Waals surface area contributed by atoms with Gasteiger partial charge in [-0.1, -0.05) is 18.6 Å². The van der Waals surface area contributed by atoms with E-state index in [0.29, 0.717) is 0 Å². The first-order chi connectivity index (χ1) is 7.81. The van der Waals surface area contributed by atoms with Gasteiger partial charge < -0.3 is 0 Å². The third-order valence-electron chi connectivity index (χ3n) is 3.04. The number of halogens is 1. The molecule has 0 bridgehead atoms. The van der Waals surface area contributed by atoms with E-state index in [1.807, 2.05) is 6.07 Å². The van der Waals surface area contributed by atoms with Crippen molar-refractivity contribution >= 4 is 0 Å². The molecular formula is C13H15FN2. The van der Waals surface area contributed by atoms with Crippen LogP contribution >= 0.6 is 0 Å². The second-order valence-electron chi connectivity index (χ2n) is 4.18. The molecular weight excluding hydrogens is 203 g/mol. The van der Waals surface area contributed by atoms with E-state index >= 15 is 0 Å². The van der Waals surface area contributed by atoms with Crippen LogP contribution in [0.15, 0.2) is 24.3 Å². The molecule has 0 aromatic heterocycles. The number of nitrogens with zero attached hydrogens (tertiary/aromatic N) is 2. The molecule has 1 aromatic rings. The highest BCUT2D eigenvalue weighted by Crippen LogP contribution is 2.24. The fourth-order valence-corrected chi connectivity index (χ4v) is 2.22. The van der Waals surface area contributed by atoms with Crippen LogP contribution in [0.3, 0.4) is 0 Å². The minimum absolute atomic E-state index is 0.269. The Morgan fingerprint density at radius 1 is 1.25 bits per heavy atom. The molecule has 1 aliphatic heterocycles. The van der Waals surface area contributed by atoms with Crippen LogP contribution in [0, 0.1) is 17.1 Å². The van der Waals surface area contributed by atoms with Gasteiger partial charge in [-0.05, 0) is 43.6 Å². The van der Waals surface area contributed by atoms with Gasteiger partial charge in [-0.25, -0.2) is 4.39 Å². The molecule has 16 heavy (non-hydrogen) atoms. The van der Waals surface area contributed by atoms with Crippen molar-refractivity contribution < 1.29 is 4.39 Å². The van der Waals surface area contributed by atoms with E-state index in [0.717, 1.165) is 31.5 Å². The first-order valence-electron chi connectivity index (χ1n) is 5.70. The average molecular weight is 218 g/mol. The third-order valence-corrected chi connectivity index (χ3v) is 3.04. The van der Waals surface area contributed by atoms with Crippen molar-refractivity contribution in [3.05, 3.63) is 35.6 Å². The van der Waals surface area contributed by atoms with Crippen LogP contribution in [0.1, 0.15) is 30.9 Å². The van der Waals surface area contributed by atoms with Crippen LogP contribution in [0.4, 0.5) is 4.39 Å². The van der Waals surface area contributed by atoms with Crippen molar-refractivity contribution in [3.8, 4) is 6.07 Å². The van der Waals surface area contributed by atoms with Gasteiger partial charge >= 0.3 is 0 Å². The van der Waals surface area contributed by atoms with Gasteiger partial charge in [0, 0.05) is 0 Å². The average Bonchev–Trinajstić information content (AvgIpc) is 2.31. The van der Waals surface area contributed by atoms with Crippen molar-refractivity contribution in [3.63, 3.8) is 0 Å². The molecule has 1 heterocycles. The predicted molar refractivity (Wildman–Crippen MR) is 60.2 cm³/mol. The summed E-state index contributed by atoms with van der Waals surface area (Å²) in [6.07, 6.45) is 3.50. The fraction of sp³-hybridized carbons (Fsp3) is 0.462. The van der Waals surface area contributed by atoms with Crippen LogP contribution in [0.25, 0.3) is 0 Å². The lowest BCUT2D eigenvalue weighted by molar-refractivity contribution is 0.196. The van der Waals surface area contributed by atoms with E-state index in [4.69, 9.17) is 0 Å². The van der Waals surface area contributed by atoms with Crippen molar-refractivity contribution in [1.29, 1.82) is 5.26 Å². The first kappa shape index (κ1) is 11.1. The molecule has 0 saturated carbocycles. The number of rotatable bonds is 2. The lowest BCUT2D eigenvalue weighted by Crippen LogP contribution is -2.33. The number of hydrogen-bond acceptors (Lipinski definition) is 2. The van der Waals surface area contributed by atoms with Crippen molar-refractivity contribution in [2.75, 3.05) is 13.1 Å². The van der Waals surface area contributed by atoms with Crippen LogP contribution < -0.4 is 0 Å². The molecule has 1 aromatic carbocycles. The molecule has 1 fully saturated rings. The molecule has 0 N–H and O–H groups in total. The summed E-state index contributed by atoms with van der Waals surface area (Å²) in [6.45, 7) is 1.88. The summed E-state index contributed by atoms with van der Waals surface area (Å²) < 4.78 is 13.1. The molecule has 2 rings (SSSR count). The van der Waals surface area contributed by atoms with Crippen LogP contribution in [-0.4, -0.2) is 18.0 Å². The minimum atomic E-state index is -0.295. The summed E-state index contributed by atoms with van der Waals surface area (Å²) in [5.41, 5.74) is 0.768. The number of piperidine rings is 1. The molecule has 1 atom stereocenters. The smallest absolute Gasteiger partial charge is 0.123 e. The maximum atomic E-state index is 13.1. The summed E-state index contributed by atoms with van der Waals surface area (Å²) >= 11 is 0. The van der Waals surface area contributed by atoms with Crippen molar-refractivity contribution in [1.82, 2.24) is 4.90 Å². The summed E-state index contributed by atoms with van der Waals surface area (Å²) in [7, 11) is 0. The van der Waals surface area contributed by atoms with Crippen LogP contribution in [-0.2, 0) is 0 Å². The summed E-state index contributed by atoms with van der Waals surface area (Å²) in [5.74, 6) is -0.269. The topological polar surface area (TPSA) is 27.0 Å². The zero-order valence-corrected chi connectivity index (χ0v) is 9.19. The molecule has 1 aliphatic rings. The maximum absolute atomic E-state index is 13.1. The Kier molecular flexibility index (Phi) is 3.53. The molecule has 84 valence electrons.